The number of carbonyl (C=O) groups is 2. The highest BCUT2D eigenvalue weighted by atomic mass is 35.5. The summed E-state index contributed by atoms with van der Waals surface area (Å²) in [5.41, 5.74) is -0.552. The van der Waals surface area contributed by atoms with Crippen molar-refractivity contribution in [1.82, 2.24) is 0 Å². The van der Waals surface area contributed by atoms with Gasteiger partial charge in [-0.05, 0) is 57.5 Å². The first-order chi connectivity index (χ1) is 12.5. The maximum atomic E-state index is 14.1. The molecule has 0 unspecified atom stereocenters. The van der Waals surface area contributed by atoms with Crippen LogP contribution in [0.2, 0.25) is 5.02 Å². The minimum absolute atomic E-state index is 0.226. The third-order valence-corrected chi connectivity index (χ3v) is 4.00. The number of benzene rings is 2. The Kier molecular flexibility index (Phi) is 6.21. The first-order valence-corrected chi connectivity index (χ1v) is 8.61. The van der Waals surface area contributed by atoms with E-state index in [0.29, 0.717) is 5.02 Å². The molecule has 0 bridgehead atoms. The highest BCUT2D eigenvalue weighted by Crippen LogP contribution is 2.26. The zero-order chi connectivity index (χ0) is 20.4. The number of halogens is 3. The number of anilines is 1. The Labute approximate surface area is 161 Å². The van der Waals surface area contributed by atoms with Gasteiger partial charge in [0, 0.05) is 10.7 Å². The Morgan fingerprint density at radius 3 is 2.22 bits per heavy atom. The molecule has 0 saturated heterocycles. The number of hydrogen-bond donors (Lipinski definition) is 0. The summed E-state index contributed by atoms with van der Waals surface area (Å²) in [6.45, 7) is 6.27. The van der Waals surface area contributed by atoms with E-state index in [1.807, 2.05) is 0 Å². The maximum Gasteiger partial charge on any atom is 0.326 e. The van der Waals surface area contributed by atoms with Gasteiger partial charge in [0.1, 0.15) is 29.3 Å². The molecule has 144 valence electrons. The molecule has 0 aliphatic heterocycles. The lowest BCUT2D eigenvalue weighted by atomic mass is 10.1. The Morgan fingerprint density at radius 1 is 1.11 bits per heavy atom. The molecule has 7 heteroatoms. The second kappa shape index (κ2) is 8.05. The quantitative estimate of drug-likeness (QED) is 0.690. The third kappa shape index (κ3) is 5.26. The van der Waals surface area contributed by atoms with Gasteiger partial charge in [-0.25, -0.2) is 8.78 Å². The molecule has 0 fully saturated rings. The van der Waals surface area contributed by atoms with Crippen LogP contribution in [0.15, 0.2) is 36.4 Å². The molecule has 1 amide bonds. The van der Waals surface area contributed by atoms with Crippen LogP contribution in [0.3, 0.4) is 0 Å². The number of carbonyl (C=O) groups excluding carboxylic acids is 2. The van der Waals surface area contributed by atoms with Crippen molar-refractivity contribution in [3.63, 3.8) is 0 Å². The largest absolute Gasteiger partial charge is 0.459 e. The maximum absolute atomic E-state index is 14.1. The van der Waals surface area contributed by atoms with Gasteiger partial charge in [-0.15, -0.1) is 0 Å². The van der Waals surface area contributed by atoms with Gasteiger partial charge in [-0.3, -0.25) is 14.5 Å². The Hall–Kier alpha value is -2.47. The predicted octanol–water partition coefficient (Wildman–Crippen LogP) is 4.92. The van der Waals surface area contributed by atoms with Gasteiger partial charge in [0.2, 0.25) is 0 Å². The first-order valence-electron chi connectivity index (χ1n) is 8.23. The summed E-state index contributed by atoms with van der Waals surface area (Å²) in [4.78, 5) is 26.1. The molecule has 2 rings (SSSR count). The van der Waals surface area contributed by atoms with E-state index in [2.05, 4.69) is 0 Å². The lowest BCUT2D eigenvalue weighted by Crippen LogP contribution is -2.39. The Bertz CT molecular complexity index is 858. The van der Waals surface area contributed by atoms with Crippen LogP contribution >= 0.6 is 11.6 Å². The van der Waals surface area contributed by atoms with Crippen LogP contribution in [-0.4, -0.2) is 24.0 Å². The normalized spacial score (nSPS) is 11.2. The minimum atomic E-state index is -1.02. The molecule has 4 nitrogen and oxygen atoms in total. The van der Waals surface area contributed by atoms with Gasteiger partial charge in [-0.2, -0.15) is 0 Å². The molecule has 0 aliphatic carbocycles. The molecule has 0 aromatic heterocycles. The number of nitrogens with zero attached hydrogens (tertiary/aromatic N) is 1. The molecule has 0 heterocycles. The van der Waals surface area contributed by atoms with Gasteiger partial charge in [0.25, 0.3) is 5.91 Å². The number of esters is 1. The monoisotopic (exact) mass is 395 g/mol. The highest BCUT2D eigenvalue weighted by molar-refractivity contribution is 6.31. The Morgan fingerprint density at radius 2 is 1.70 bits per heavy atom. The van der Waals surface area contributed by atoms with E-state index in [4.69, 9.17) is 16.3 Å². The van der Waals surface area contributed by atoms with Crippen molar-refractivity contribution in [2.45, 2.75) is 33.3 Å². The van der Waals surface area contributed by atoms with E-state index in [0.717, 1.165) is 28.7 Å². The molecular formula is C20H20ClF2NO3. The summed E-state index contributed by atoms with van der Waals surface area (Å²) < 4.78 is 33.4. The summed E-state index contributed by atoms with van der Waals surface area (Å²) in [5.74, 6) is -3.76. The average Bonchev–Trinajstić information content (AvgIpc) is 2.53. The van der Waals surface area contributed by atoms with Crippen LogP contribution in [0.1, 0.15) is 36.7 Å². The fourth-order valence-corrected chi connectivity index (χ4v) is 2.54. The van der Waals surface area contributed by atoms with Crippen LogP contribution in [0.5, 0.6) is 0 Å². The second-order valence-corrected chi connectivity index (χ2v) is 7.42. The summed E-state index contributed by atoms with van der Waals surface area (Å²) in [7, 11) is 0. The second-order valence-electron chi connectivity index (χ2n) is 7.01. The fourth-order valence-electron chi connectivity index (χ4n) is 2.37. The predicted molar refractivity (Wildman–Crippen MR) is 100 cm³/mol. The number of rotatable bonds is 4. The molecule has 0 radical (unpaired) electrons. The van der Waals surface area contributed by atoms with E-state index >= 15 is 0 Å². The van der Waals surface area contributed by atoms with E-state index in [1.54, 1.807) is 39.8 Å². The highest BCUT2D eigenvalue weighted by Gasteiger charge is 2.28. The standard InChI is InChI=1S/C20H20ClF2NO3/c1-12-8-9-13(10-14(12)21)24(11-17(25)27-20(2,3)4)19(26)18-15(22)6-5-7-16(18)23/h5-10H,11H2,1-4H3. The van der Waals surface area contributed by atoms with Crippen LogP contribution in [-0.2, 0) is 9.53 Å². The number of ether oxygens (including phenoxy) is 1. The van der Waals surface area contributed by atoms with Crippen LogP contribution in [0.4, 0.5) is 14.5 Å². The fraction of sp³-hybridized carbons (Fsp3) is 0.300. The number of hydrogen-bond acceptors (Lipinski definition) is 3. The van der Waals surface area contributed by atoms with Crippen LogP contribution in [0, 0.1) is 18.6 Å². The van der Waals surface area contributed by atoms with Crippen molar-refractivity contribution in [2.24, 2.45) is 0 Å². The zero-order valence-electron chi connectivity index (χ0n) is 15.5. The molecule has 0 N–H and O–H groups in total. The molecule has 0 spiro atoms. The molecular weight excluding hydrogens is 376 g/mol. The van der Waals surface area contributed by atoms with Crippen molar-refractivity contribution in [2.75, 3.05) is 11.4 Å². The molecule has 0 atom stereocenters. The summed E-state index contributed by atoms with van der Waals surface area (Å²) >= 11 is 6.11. The van der Waals surface area contributed by atoms with E-state index < -0.39 is 41.2 Å². The van der Waals surface area contributed by atoms with Crippen molar-refractivity contribution in [1.29, 1.82) is 0 Å². The van der Waals surface area contributed by atoms with Gasteiger partial charge in [-0.1, -0.05) is 23.7 Å². The first kappa shape index (κ1) is 20.8. The van der Waals surface area contributed by atoms with Crippen LogP contribution < -0.4 is 4.90 Å². The third-order valence-electron chi connectivity index (χ3n) is 3.60. The van der Waals surface area contributed by atoms with Crippen LogP contribution in [0.25, 0.3) is 0 Å². The Balaban J connectivity index is 2.47. The summed E-state index contributed by atoms with van der Waals surface area (Å²) in [5, 5.41) is 0.350. The van der Waals surface area contributed by atoms with Gasteiger partial charge in [0.15, 0.2) is 0 Å². The molecule has 0 aliphatic rings. The SMILES string of the molecule is Cc1ccc(N(CC(=O)OC(C)(C)C)C(=O)c2c(F)cccc2F)cc1Cl. The summed E-state index contributed by atoms with van der Waals surface area (Å²) in [6.07, 6.45) is 0. The van der Waals surface area contributed by atoms with Crippen molar-refractivity contribution in [3.8, 4) is 0 Å². The molecule has 27 heavy (non-hydrogen) atoms. The lowest BCUT2D eigenvalue weighted by molar-refractivity contribution is -0.152. The van der Waals surface area contributed by atoms with E-state index in [-0.39, 0.29) is 5.69 Å². The number of amides is 1. The molecule has 2 aromatic rings. The summed E-state index contributed by atoms with van der Waals surface area (Å²) in [6, 6.07) is 7.75. The van der Waals surface area contributed by atoms with Crippen molar-refractivity contribution < 1.29 is 23.1 Å². The smallest absolute Gasteiger partial charge is 0.326 e. The average molecular weight is 396 g/mol. The van der Waals surface area contributed by atoms with Gasteiger partial charge < -0.3 is 4.74 Å². The van der Waals surface area contributed by atoms with Crippen molar-refractivity contribution >= 4 is 29.2 Å². The van der Waals surface area contributed by atoms with Crippen molar-refractivity contribution in [3.05, 3.63) is 64.2 Å². The van der Waals surface area contributed by atoms with Gasteiger partial charge >= 0.3 is 5.97 Å². The minimum Gasteiger partial charge on any atom is -0.459 e. The van der Waals surface area contributed by atoms with E-state index in [9.17, 15) is 18.4 Å². The zero-order valence-corrected chi connectivity index (χ0v) is 16.2. The number of aryl methyl sites for hydroxylation is 1. The van der Waals surface area contributed by atoms with Gasteiger partial charge in [0.05, 0.1) is 0 Å². The lowest BCUT2D eigenvalue weighted by Gasteiger charge is -2.26. The topological polar surface area (TPSA) is 46.6 Å². The molecule has 0 saturated carbocycles. The molecule has 2 aromatic carbocycles. The van der Waals surface area contributed by atoms with E-state index in [1.165, 1.54) is 6.07 Å².